The van der Waals surface area contributed by atoms with E-state index >= 15 is 0 Å². The van der Waals surface area contributed by atoms with Crippen LogP contribution in [0.25, 0.3) is 0 Å². The lowest BCUT2D eigenvalue weighted by molar-refractivity contribution is 0.162. The maximum atomic E-state index is 4.82. The summed E-state index contributed by atoms with van der Waals surface area (Å²) in [5.41, 5.74) is 1.21. The lowest BCUT2D eigenvalue weighted by Crippen LogP contribution is -2.45. The van der Waals surface area contributed by atoms with Crippen LogP contribution in [0.1, 0.15) is 51.7 Å². The van der Waals surface area contributed by atoms with Gasteiger partial charge < -0.3 is 5.32 Å². The molecule has 0 bridgehead atoms. The lowest BCUT2D eigenvalue weighted by Gasteiger charge is -2.33. The molecule has 1 saturated heterocycles. The predicted molar refractivity (Wildman–Crippen MR) is 78.2 cm³/mol. The van der Waals surface area contributed by atoms with Gasteiger partial charge in [0.2, 0.25) is 0 Å². The Morgan fingerprint density at radius 2 is 2.00 bits per heavy atom. The molecule has 2 rings (SSSR count). The minimum absolute atomic E-state index is 0.0828. The quantitative estimate of drug-likeness (QED) is 0.906. The van der Waals surface area contributed by atoms with E-state index in [1.807, 2.05) is 12.3 Å². The highest BCUT2D eigenvalue weighted by molar-refractivity contribution is 5.13. The predicted octanol–water partition coefficient (Wildman–Crippen LogP) is 2.13. The molecule has 1 aromatic rings. The zero-order chi connectivity index (χ0) is 13.9. The highest BCUT2D eigenvalue weighted by Crippen LogP contribution is 2.25. The molecule has 106 valence electrons. The summed E-state index contributed by atoms with van der Waals surface area (Å²) in [5, 5.41) is 3.40. The van der Waals surface area contributed by atoms with Crippen LogP contribution in [-0.4, -0.2) is 41.0 Å². The minimum Gasteiger partial charge on any atom is -0.314 e. The minimum atomic E-state index is 0.0828. The summed E-state index contributed by atoms with van der Waals surface area (Å²) < 4.78 is 0. The third kappa shape index (κ3) is 3.51. The average molecular weight is 262 g/mol. The van der Waals surface area contributed by atoms with Crippen molar-refractivity contribution in [1.82, 2.24) is 20.2 Å². The fourth-order valence-electron chi connectivity index (χ4n) is 2.55. The molecule has 1 N–H and O–H groups in total. The van der Waals surface area contributed by atoms with Gasteiger partial charge in [0, 0.05) is 43.5 Å². The van der Waals surface area contributed by atoms with Crippen molar-refractivity contribution in [2.45, 2.75) is 45.6 Å². The maximum absolute atomic E-state index is 4.82. The summed E-state index contributed by atoms with van der Waals surface area (Å²) in [4.78, 5) is 11.8. The van der Waals surface area contributed by atoms with E-state index in [1.165, 1.54) is 0 Å². The molecular formula is C15H26N4. The molecule has 1 aliphatic heterocycles. The van der Waals surface area contributed by atoms with Crippen LogP contribution in [0.2, 0.25) is 0 Å². The van der Waals surface area contributed by atoms with Crippen molar-refractivity contribution in [1.29, 1.82) is 0 Å². The third-order valence-electron chi connectivity index (χ3n) is 3.72. The smallest absolute Gasteiger partial charge is 0.145 e. The van der Waals surface area contributed by atoms with E-state index in [1.54, 1.807) is 0 Å². The molecule has 1 aliphatic rings. The van der Waals surface area contributed by atoms with Crippen LogP contribution < -0.4 is 5.32 Å². The van der Waals surface area contributed by atoms with Gasteiger partial charge in [-0.3, -0.25) is 4.90 Å². The van der Waals surface area contributed by atoms with E-state index in [9.17, 15) is 0 Å². The zero-order valence-electron chi connectivity index (χ0n) is 12.6. The van der Waals surface area contributed by atoms with Gasteiger partial charge in [-0.15, -0.1) is 0 Å². The fourth-order valence-corrected chi connectivity index (χ4v) is 2.55. The zero-order valence-corrected chi connectivity index (χ0v) is 12.6. The first-order chi connectivity index (χ1) is 9.02. The van der Waals surface area contributed by atoms with Crippen LogP contribution >= 0.6 is 0 Å². The number of hydrogen-bond acceptors (Lipinski definition) is 4. The van der Waals surface area contributed by atoms with Crippen molar-refractivity contribution in [3.05, 3.63) is 23.8 Å². The van der Waals surface area contributed by atoms with Gasteiger partial charge in [-0.2, -0.15) is 0 Å². The van der Waals surface area contributed by atoms with E-state index in [0.29, 0.717) is 6.04 Å². The molecular weight excluding hydrogens is 236 g/mol. The molecule has 0 spiro atoms. The van der Waals surface area contributed by atoms with Crippen molar-refractivity contribution >= 4 is 0 Å². The number of rotatable bonds is 3. The van der Waals surface area contributed by atoms with Crippen LogP contribution in [0.4, 0.5) is 0 Å². The molecule has 4 nitrogen and oxygen atoms in total. The number of aromatic nitrogens is 2. The second kappa shape index (κ2) is 5.97. The monoisotopic (exact) mass is 262 g/mol. The molecule has 19 heavy (non-hydrogen) atoms. The first-order valence-electron chi connectivity index (χ1n) is 7.30. The molecule has 0 aliphatic carbocycles. The van der Waals surface area contributed by atoms with Gasteiger partial charge >= 0.3 is 0 Å². The van der Waals surface area contributed by atoms with Gasteiger partial charge in [-0.1, -0.05) is 27.7 Å². The van der Waals surface area contributed by atoms with Crippen molar-refractivity contribution < 1.29 is 0 Å². The Kier molecular flexibility index (Phi) is 4.53. The Morgan fingerprint density at radius 1 is 1.32 bits per heavy atom. The molecule has 1 aromatic heterocycles. The standard InChI is InChI=1S/C15H26N4/c1-5-12(19-10-8-16-9-11-19)14-17-7-6-13(18-14)15(2,3)4/h6-7,12,16H,5,8-11H2,1-4H3. The van der Waals surface area contributed by atoms with Gasteiger partial charge in [-0.05, 0) is 12.5 Å². The molecule has 2 heterocycles. The second-order valence-corrected chi connectivity index (χ2v) is 6.26. The molecule has 0 aromatic carbocycles. The Bertz CT molecular complexity index is 405. The summed E-state index contributed by atoms with van der Waals surface area (Å²) in [6, 6.07) is 2.39. The first-order valence-corrected chi connectivity index (χ1v) is 7.30. The normalized spacial score (nSPS) is 19.4. The van der Waals surface area contributed by atoms with E-state index in [0.717, 1.165) is 44.1 Å². The first kappa shape index (κ1) is 14.4. The Balaban J connectivity index is 2.22. The average Bonchev–Trinajstić information content (AvgIpc) is 2.40. The van der Waals surface area contributed by atoms with E-state index in [4.69, 9.17) is 4.98 Å². The van der Waals surface area contributed by atoms with Gasteiger partial charge in [0.05, 0.1) is 6.04 Å². The molecule has 0 radical (unpaired) electrons. The SMILES string of the molecule is CCC(c1nccc(C(C)(C)C)n1)N1CCNCC1. The molecule has 1 atom stereocenters. The topological polar surface area (TPSA) is 41.1 Å². The van der Waals surface area contributed by atoms with Gasteiger partial charge in [0.1, 0.15) is 5.82 Å². The summed E-state index contributed by atoms with van der Waals surface area (Å²) >= 11 is 0. The highest BCUT2D eigenvalue weighted by atomic mass is 15.2. The van der Waals surface area contributed by atoms with Crippen LogP contribution in [0.15, 0.2) is 12.3 Å². The highest BCUT2D eigenvalue weighted by Gasteiger charge is 2.24. The Labute approximate surface area is 116 Å². The van der Waals surface area contributed by atoms with E-state index < -0.39 is 0 Å². The van der Waals surface area contributed by atoms with Gasteiger partial charge in [-0.25, -0.2) is 9.97 Å². The summed E-state index contributed by atoms with van der Waals surface area (Å²) in [5.74, 6) is 0.983. The summed E-state index contributed by atoms with van der Waals surface area (Å²) in [7, 11) is 0. The fraction of sp³-hybridized carbons (Fsp3) is 0.733. The number of nitrogens with zero attached hydrogens (tertiary/aromatic N) is 3. The molecule has 1 fully saturated rings. The lowest BCUT2D eigenvalue weighted by atomic mass is 9.92. The number of piperazine rings is 1. The maximum Gasteiger partial charge on any atom is 0.145 e. The summed E-state index contributed by atoms with van der Waals surface area (Å²) in [6.45, 7) is 13.1. The Hall–Kier alpha value is -1.00. The van der Waals surface area contributed by atoms with Gasteiger partial charge in [0.15, 0.2) is 0 Å². The van der Waals surface area contributed by atoms with Crippen LogP contribution in [0.5, 0.6) is 0 Å². The van der Waals surface area contributed by atoms with E-state index in [-0.39, 0.29) is 5.41 Å². The van der Waals surface area contributed by atoms with Gasteiger partial charge in [0.25, 0.3) is 0 Å². The molecule has 1 unspecified atom stereocenters. The van der Waals surface area contributed by atoms with Crippen molar-refractivity contribution in [3.8, 4) is 0 Å². The summed E-state index contributed by atoms with van der Waals surface area (Å²) in [6.07, 6.45) is 2.97. The van der Waals surface area contributed by atoms with Crippen LogP contribution in [0.3, 0.4) is 0 Å². The molecule has 0 amide bonds. The van der Waals surface area contributed by atoms with Crippen molar-refractivity contribution in [2.75, 3.05) is 26.2 Å². The van der Waals surface area contributed by atoms with Crippen molar-refractivity contribution in [2.24, 2.45) is 0 Å². The Morgan fingerprint density at radius 3 is 2.58 bits per heavy atom. The third-order valence-corrected chi connectivity index (χ3v) is 3.72. The molecule has 0 saturated carbocycles. The van der Waals surface area contributed by atoms with Crippen LogP contribution in [0, 0.1) is 0 Å². The number of hydrogen-bond donors (Lipinski definition) is 1. The molecule has 4 heteroatoms. The largest absolute Gasteiger partial charge is 0.314 e. The number of nitrogens with one attached hydrogen (secondary N) is 1. The van der Waals surface area contributed by atoms with E-state index in [2.05, 4.69) is 42.9 Å². The second-order valence-electron chi connectivity index (χ2n) is 6.26. The van der Waals surface area contributed by atoms with Crippen molar-refractivity contribution in [3.63, 3.8) is 0 Å². The van der Waals surface area contributed by atoms with Crippen LogP contribution in [-0.2, 0) is 5.41 Å².